The molecule has 1 saturated heterocycles. The average Bonchev–Trinajstić information content (AvgIpc) is 2.73. The van der Waals surface area contributed by atoms with Gasteiger partial charge < -0.3 is 15.0 Å². The van der Waals surface area contributed by atoms with Crippen molar-refractivity contribution < 1.29 is 9.53 Å². The van der Waals surface area contributed by atoms with Gasteiger partial charge in [-0.1, -0.05) is 31.2 Å². The summed E-state index contributed by atoms with van der Waals surface area (Å²) in [5.41, 5.74) is 3.35. The normalized spacial score (nSPS) is 16.2. The number of amides is 1. The molecule has 0 unspecified atom stereocenters. The Morgan fingerprint density at radius 1 is 1.11 bits per heavy atom. The number of anilines is 1. The van der Waals surface area contributed by atoms with E-state index in [0.29, 0.717) is 0 Å². The van der Waals surface area contributed by atoms with Crippen molar-refractivity contribution in [2.24, 2.45) is 5.92 Å². The summed E-state index contributed by atoms with van der Waals surface area (Å²) in [6.45, 7) is 6.59. The molecular formula is C24H30N2O2. The number of nitrogens with zero attached hydrogens (tertiary/aromatic N) is 1. The van der Waals surface area contributed by atoms with Crippen molar-refractivity contribution in [1.29, 1.82) is 0 Å². The predicted octanol–water partition coefficient (Wildman–Crippen LogP) is 4.82. The minimum Gasteiger partial charge on any atom is -0.497 e. The maximum Gasteiger partial charge on any atom is 0.244 e. The quantitative estimate of drug-likeness (QED) is 0.733. The summed E-state index contributed by atoms with van der Waals surface area (Å²) in [5, 5.41) is 3.03. The third-order valence-electron chi connectivity index (χ3n) is 5.44. The van der Waals surface area contributed by atoms with Crippen LogP contribution in [-0.2, 0) is 4.79 Å². The molecule has 0 bridgehead atoms. The number of methoxy groups -OCH3 is 1. The van der Waals surface area contributed by atoms with Crippen LogP contribution in [0.25, 0.3) is 6.08 Å². The fourth-order valence-electron chi connectivity index (χ4n) is 3.47. The molecule has 1 amide bonds. The van der Waals surface area contributed by atoms with E-state index in [-0.39, 0.29) is 11.9 Å². The zero-order valence-electron chi connectivity index (χ0n) is 17.0. The van der Waals surface area contributed by atoms with Crippen LogP contribution in [0.5, 0.6) is 5.75 Å². The molecule has 4 nitrogen and oxygen atoms in total. The molecule has 2 aromatic rings. The number of hydrogen-bond acceptors (Lipinski definition) is 3. The lowest BCUT2D eigenvalue weighted by Gasteiger charge is -2.32. The molecule has 0 aliphatic carbocycles. The first-order valence-corrected chi connectivity index (χ1v) is 10.0. The molecule has 0 aromatic heterocycles. The van der Waals surface area contributed by atoms with Gasteiger partial charge in [-0.3, -0.25) is 4.79 Å². The maximum atomic E-state index is 12.2. The summed E-state index contributed by atoms with van der Waals surface area (Å²) in [5.74, 6) is 1.53. The first-order chi connectivity index (χ1) is 13.5. The Morgan fingerprint density at radius 3 is 2.36 bits per heavy atom. The van der Waals surface area contributed by atoms with Crippen LogP contribution in [-0.4, -0.2) is 26.1 Å². The Bertz CT molecular complexity index is 788. The second kappa shape index (κ2) is 9.45. The van der Waals surface area contributed by atoms with Gasteiger partial charge in [0, 0.05) is 24.9 Å². The van der Waals surface area contributed by atoms with Gasteiger partial charge in [0.15, 0.2) is 0 Å². The van der Waals surface area contributed by atoms with Crippen molar-refractivity contribution >= 4 is 17.7 Å². The average molecular weight is 379 g/mol. The lowest BCUT2D eigenvalue weighted by molar-refractivity contribution is -0.117. The molecule has 0 spiro atoms. The highest BCUT2D eigenvalue weighted by Crippen LogP contribution is 2.24. The number of hydrogen-bond donors (Lipinski definition) is 1. The number of carbonyl (C=O) groups is 1. The number of nitrogens with one attached hydrogen (secondary N) is 1. The molecule has 148 valence electrons. The summed E-state index contributed by atoms with van der Waals surface area (Å²) in [4.78, 5) is 14.7. The van der Waals surface area contributed by atoms with E-state index >= 15 is 0 Å². The second-order valence-electron chi connectivity index (χ2n) is 7.60. The van der Waals surface area contributed by atoms with Gasteiger partial charge in [0.1, 0.15) is 5.75 Å². The summed E-state index contributed by atoms with van der Waals surface area (Å²) in [7, 11) is 1.64. The number of benzene rings is 2. The first kappa shape index (κ1) is 20.0. The van der Waals surface area contributed by atoms with E-state index in [2.05, 4.69) is 41.4 Å². The minimum atomic E-state index is -0.0996. The molecule has 1 aliphatic heterocycles. The lowest BCUT2D eigenvalue weighted by Crippen LogP contribution is -2.32. The Kier molecular flexibility index (Phi) is 6.75. The van der Waals surface area contributed by atoms with Crippen LogP contribution in [0, 0.1) is 5.92 Å². The molecule has 1 N–H and O–H groups in total. The van der Waals surface area contributed by atoms with Crippen molar-refractivity contribution in [3.8, 4) is 5.75 Å². The predicted molar refractivity (Wildman–Crippen MR) is 116 cm³/mol. The zero-order chi connectivity index (χ0) is 19.9. The van der Waals surface area contributed by atoms with Crippen LogP contribution in [0.3, 0.4) is 0 Å². The van der Waals surface area contributed by atoms with Gasteiger partial charge in [-0.15, -0.1) is 0 Å². The molecule has 1 aliphatic rings. The number of piperidine rings is 1. The molecule has 0 radical (unpaired) electrons. The smallest absolute Gasteiger partial charge is 0.244 e. The van der Waals surface area contributed by atoms with Crippen molar-refractivity contribution in [3.05, 3.63) is 65.7 Å². The SMILES string of the molecule is COc1ccc(/C=C/C(=O)N[C@@H](C)c2ccc(N3CCC(C)CC3)cc2)cc1. The van der Waals surface area contributed by atoms with Crippen molar-refractivity contribution in [1.82, 2.24) is 5.32 Å². The standard InChI is InChI=1S/C24H30N2O2/c1-18-14-16-26(17-15-18)22-9-7-21(8-10-22)19(2)25-24(27)13-6-20-4-11-23(28-3)12-5-20/h4-13,18-19H,14-17H2,1-3H3,(H,25,27)/b13-6+/t19-/m0/s1. The highest BCUT2D eigenvalue weighted by molar-refractivity contribution is 5.92. The van der Waals surface area contributed by atoms with Crippen LogP contribution >= 0.6 is 0 Å². The van der Waals surface area contributed by atoms with Crippen LogP contribution in [0.4, 0.5) is 5.69 Å². The van der Waals surface area contributed by atoms with Crippen molar-refractivity contribution in [3.63, 3.8) is 0 Å². The fourth-order valence-corrected chi connectivity index (χ4v) is 3.47. The topological polar surface area (TPSA) is 41.6 Å². The third kappa shape index (κ3) is 5.38. The zero-order valence-corrected chi connectivity index (χ0v) is 17.0. The van der Waals surface area contributed by atoms with E-state index in [1.165, 1.54) is 18.5 Å². The molecule has 0 saturated carbocycles. The summed E-state index contributed by atoms with van der Waals surface area (Å²) < 4.78 is 5.14. The van der Waals surface area contributed by atoms with Crippen LogP contribution in [0.2, 0.25) is 0 Å². The molecule has 1 fully saturated rings. The Morgan fingerprint density at radius 2 is 1.75 bits per heavy atom. The molecular weight excluding hydrogens is 348 g/mol. The Labute approximate surface area is 168 Å². The fraction of sp³-hybridized carbons (Fsp3) is 0.375. The van der Waals surface area contributed by atoms with Gasteiger partial charge in [0.2, 0.25) is 5.91 Å². The van der Waals surface area contributed by atoms with E-state index in [1.54, 1.807) is 13.2 Å². The van der Waals surface area contributed by atoms with Gasteiger partial charge in [0.25, 0.3) is 0 Å². The van der Waals surface area contributed by atoms with Gasteiger partial charge in [0.05, 0.1) is 13.2 Å². The van der Waals surface area contributed by atoms with Crippen LogP contribution < -0.4 is 15.0 Å². The van der Waals surface area contributed by atoms with Crippen molar-refractivity contribution in [2.75, 3.05) is 25.1 Å². The van der Waals surface area contributed by atoms with E-state index in [4.69, 9.17) is 4.74 Å². The van der Waals surface area contributed by atoms with E-state index < -0.39 is 0 Å². The molecule has 1 atom stereocenters. The molecule has 28 heavy (non-hydrogen) atoms. The first-order valence-electron chi connectivity index (χ1n) is 10.0. The van der Waals surface area contributed by atoms with E-state index in [1.807, 2.05) is 37.3 Å². The monoisotopic (exact) mass is 378 g/mol. The third-order valence-corrected chi connectivity index (χ3v) is 5.44. The lowest BCUT2D eigenvalue weighted by atomic mass is 9.98. The van der Waals surface area contributed by atoms with Gasteiger partial charge in [-0.2, -0.15) is 0 Å². The van der Waals surface area contributed by atoms with E-state index in [9.17, 15) is 4.79 Å². The summed E-state index contributed by atoms with van der Waals surface area (Å²) in [6.07, 6.45) is 5.90. The molecule has 3 rings (SSSR count). The summed E-state index contributed by atoms with van der Waals surface area (Å²) in [6, 6.07) is 16.1. The largest absolute Gasteiger partial charge is 0.497 e. The molecule has 2 aromatic carbocycles. The highest BCUT2D eigenvalue weighted by atomic mass is 16.5. The maximum absolute atomic E-state index is 12.2. The van der Waals surface area contributed by atoms with Gasteiger partial charge in [-0.25, -0.2) is 0 Å². The van der Waals surface area contributed by atoms with E-state index in [0.717, 1.165) is 35.9 Å². The minimum absolute atomic E-state index is 0.0385. The summed E-state index contributed by atoms with van der Waals surface area (Å²) >= 11 is 0. The Balaban J connectivity index is 1.53. The van der Waals surface area contributed by atoms with Crippen molar-refractivity contribution in [2.45, 2.75) is 32.7 Å². The second-order valence-corrected chi connectivity index (χ2v) is 7.60. The van der Waals surface area contributed by atoms with Crippen LogP contribution in [0.1, 0.15) is 43.9 Å². The molecule has 4 heteroatoms. The number of ether oxygens (including phenoxy) is 1. The van der Waals surface area contributed by atoms with Gasteiger partial charge >= 0.3 is 0 Å². The molecule has 1 heterocycles. The highest BCUT2D eigenvalue weighted by Gasteiger charge is 2.16. The van der Waals surface area contributed by atoms with Crippen LogP contribution in [0.15, 0.2) is 54.6 Å². The Hall–Kier alpha value is -2.75. The number of rotatable bonds is 6. The van der Waals surface area contributed by atoms with Gasteiger partial charge in [-0.05, 0) is 67.2 Å². The number of carbonyl (C=O) groups excluding carboxylic acids is 1.